The lowest BCUT2D eigenvalue weighted by atomic mass is 10.1. The Labute approximate surface area is 155 Å². The average Bonchev–Trinajstić information content (AvgIpc) is 2.67. The fourth-order valence-corrected chi connectivity index (χ4v) is 4.19. The van der Waals surface area contributed by atoms with Gasteiger partial charge >= 0.3 is 0 Å². The summed E-state index contributed by atoms with van der Waals surface area (Å²) in [6, 6.07) is 9.41. The molecule has 27 heavy (non-hydrogen) atoms. The Kier molecular flexibility index (Phi) is 6.15. The van der Waals surface area contributed by atoms with Crippen LogP contribution in [-0.2, 0) is 14.8 Å². The third kappa shape index (κ3) is 4.67. The molecule has 5 nitrogen and oxygen atoms in total. The number of hydrogen-bond donors (Lipinski definition) is 1. The topological polar surface area (TPSA) is 58.6 Å². The number of hydrogen-bond acceptors (Lipinski definition) is 4. The Balaban J connectivity index is 1.89. The van der Waals surface area contributed by atoms with Crippen molar-refractivity contribution >= 4 is 10.0 Å². The molecule has 1 fully saturated rings. The van der Waals surface area contributed by atoms with Gasteiger partial charge in [-0.25, -0.2) is 26.3 Å². The van der Waals surface area contributed by atoms with Crippen LogP contribution in [0.5, 0.6) is 0 Å². The molecule has 0 saturated carbocycles. The number of nitrogens with one attached hydrogen (secondary N) is 1. The van der Waals surface area contributed by atoms with Crippen LogP contribution in [-0.4, -0.2) is 46.2 Å². The van der Waals surface area contributed by atoms with E-state index in [2.05, 4.69) is 4.72 Å². The maximum atomic E-state index is 14.0. The minimum absolute atomic E-state index is 0.331. The quantitative estimate of drug-likeness (QED) is 0.757. The van der Waals surface area contributed by atoms with Gasteiger partial charge in [0.05, 0.1) is 19.3 Å². The highest BCUT2D eigenvalue weighted by molar-refractivity contribution is 7.89. The maximum Gasteiger partial charge on any atom is 0.244 e. The van der Waals surface area contributed by atoms with Crippen molar-refractivity contribution in [2.75, 3.05) is 32.8 Å². The summed E-state index contributed by atoms with van der Waals surface area (Å²) < 4.78 is 73.7. The van der Waals surface area contributed by atoms with Gasteiger partial charge in [-0.1, -0.05) is 30.3 Å². The Hall–Kier alpha value is -1.94. The van der Waals surface area contributed by atoms with E-state index in [9.17, 15) is 21.6 Å². The van der Waals surface area contributed by atoms with E-state index in [4.69, 9.17) is 4.74 Å². The van der Waals surface area contributed by atoms with Crippen LogP contribution in [0.3, 0.4) is 0 Å². The number of halogens is 3. The maximum absolute atomic E-state index is 14.0. The number of morpholine rings is 1. The minimum atomic E-state index is -4.42. The fourth-order valence-electron chi connectivity index (χ4n) is 2.90. The van der Waals surface area contributed by atoms with Crippen molar-refractivity contribution in [2.45, 2.75) is 10.9 Å². The van der Waals surface area contributed by atoms with Crippen LogP contribution in [0.1, 0.15) is 11.6 Å². The van der Waals surface area contributed by atoms with Crippen molar-refractivity contribution < 1.29 is 26.3 Å². The number of nitrogens with zero attached hydrogens (tertiary/aromatic N) is 1. The molecule has 0 aliphatic carbocycles. The van der Waals surface area contributed by atoms with E-state index in [0.29, 0.717) is 50.5 Å². The summed E-state index contributed by atoms with van der Waals surface area (Å²) in [5.74, 6) is -5.00. The molecule has 0 amide bonds. The fraction of sp³-hybridized carbons (Fsp3) is 0.333. The summed E-state index contributed by atoms with van der Waals surface area (Å²) in [4.78, 5) is 1.09. The smallest absolute Gasteiger partial charge is 0.244 e. The van der Waals surface area contributed by atoms with E-state index in [1.165, 1.54) is 0 Å². The summed E-state index contributed by atoms with van der Waals surface area (Å²) >= 11 is 0. The first-order valence-corrected chi connectivity index (χ1v) is 9.87. The van der Waals surface area contributed by atoms with Crippen LogP contribution in [0, 0.1) is 17.5 Å². The van der Waals surface area contributed by atoms with Crippen molar-refractivity contribution in [3.05, 3.63) is 65.5 Å². The predicted molar refractivity (Wildman–Crippen MR) is 93.1 cm³/mol. The van der Waals surface area contributed by atoms with Crippen LogP contribution in [0.4, 0.5) is 13.2 Å². The molecule has 1 aliphatic heterocycles. The molecule has 3 rings (SSSR count). The zero-order valence-corrected chi connectivity index (χ0v) is 15.2. The normalized spacial score (nSPS) is 17.0. The molecule has 0 bridgehead atoms. The Morgan fingerprint density at radius 1 is 1.00 bits per heavy atom. The highest BCUT2D eigenvalue weighted by Crippen LogP contribution is 2.23. The third-order valence-corrected chi connectivity index (χ3v) is 5.82. The molecule has 146 valence electrons. The first-order chi connectivity index (χ1) is 12.9. The van der Waals surface area contributed by atoms with Gasteiger partial charge in [-0.3, -0.25) is 4.90 Å². The molecule has 1 saturated heterocycles. The van der Waals surface area contributed by atoms with Gasteiger partial charge in [0.15, 0.2) is 17.5 Å². The van der Waals surface area contributed by atoms with Gasteiger partial charge < -0.3 is 4.74 Å². The van der Waals surface area contributed by atoms with Crippen LogP contribution in [0.2, 0.25) is 0 Å². The Morgan fingerprint density at radius 3 is 2.33 bits per heavy atom. The molecular weight excluding hydrogens is 381 g/mol. The molecule has 1 aliphatic rings. The lowest BCUT2D eigenvalue weighted by Crippen LogP contribution is -2.43. The second kappa shape index (κ2) is 8.39. The number of ether oxygens (including phenoxy) is 1. The SMILES string of the molecule is O=S(=O)(N[C@@H](CN1CCOCC1)c1ccccc1)c1ccc(F)c(F)c1F. The zero-order chi connectivity index (χ0) is 19.4. The van der Waals surface area contributed by atoms with Crippen LogP contribution in [0.15, 0.2) is 47.4 Å². The minimum Gasteiger partial charge on any atom is -0.379 e. The second-order valence-corrected chi connectivity index (χ2v) is 7.85. The summed E-state index contributed by atoms with van der Waals surface area (Å²) in [7, 11) is -4.42. The van der Waals surface area contributed by atoms with E-state index in [1.54, 1.807) is 30.3 Å². The molecule has 0 unspecified atom stereocenters. The highest BCUT2D eigenvalue weighted by Gasteiger charge is 2.28. The van der Waals surface area contributed by atoms with Crippen LogP contribution >= 0.6 is 0 Å². The highest BCUT2D eigenvalue weighted by atomic mass is 32.2. The largest absolute Gasteiger partial charge is 0.379 e. The number of rotatable bonds is 6. The molecule has 1 atom stereocenters. The number of sulfonamides is 1. The van der Waals surface area contributed by atoms with Gasteiger partial charge in [-0.15, -0.1) is 0 Å². The van der Waals surface area contributed by atoms with Gasteiger partial charge in [0, 0.05) is 19.6 Å². The summed E-state index contributed by atoms with van der Waals surface area (Å²) in [5.41, 5.74) is 0.676. The zero-order valence-electron chi connectivity index (χ0n) is 14.4. The molecule has 1 heterocycles. The molecule has 2 aromatic carbocycles. The van der Waals surface area contributed by atoms with E-state index in [-0.39, 0.29) is 0 Å². The molecule has 2 aromatic rings. The van der Waals surface area contributed by atoms with Crippen molar-refractivity contribution in [3.63, 3.8) is 0 Å². The van der Waals surface area contributed by atoms with E-state index >= 15 is 0 Å². The van der Waals surface area contributed by atoms with E-state index < -0.39 is 38.4 Å². The third-order valence-electron chi connectivity index (χ3n) is 4.33. The molecule has 1 N–H and O–H groups in total. The monoisotopic (exact) mass is 400 g/mol. The summed E-state index contributed by atoms with van der Waals surface area (Å²) in [5, 5.41) is 0. The van der Waals surface area contributed by atoms with Crippen molar-refractivity contribution in [3.8, 4) is 0 Å². The van der Waals surface area contributed by atoms with Crippen LogP contribution < -0.4 is 4.72 Å². The van der Waals surface area contributed by atoms with E-state index in [1.807, 2.05) is 4.90 Å². The molecule has 0 radical (unpaired) electrons. The van der Waals surface area contributed by atoms with Crippen molar-refractivity contribution in [2.24, 2.45) is 0 Å². The molecule has 0 spiro atoms. The first kappa shape index (κ1) is 19.8. The van der Waals surface area contributed by atoms with Crippen molar-refractivity contribution in [1.82, 2.24) is 9.62 Å². The van der Waals surface area contributed by atoms with Gasteiger partial charge in [-0.05, 0) is 17.7 Å². The lowest BCUT2D eigenvalue weighted by molar-refractivity contribution is 0.0345. The first-order valence-electron chi connectivity index (χ1n) is 8.39. The van der Waals surface area contributed by atoms with Crippen LogP contribution in [0.25, 0.3) is 0 Å². The lowest BCUT2D eigenvalue weighted by Gasteiger charge is -2.31. The van der Waals surface area contributed by atoms with Gasteiger partial charge in [-0.2, -0.15) is 0 Å². The average molecular weight is 400 g/mol. The number of benzene rings is 2. The second-order valence-electron chi connectivity index (χ2n) is 6.17. The van der Waals surface area contributed by atoms with Gasteiger partial charge in [0.1, 0.15) is 4.90 Å². The van der Waals surface area contributed by atoms with E-state index in [0.717, 1.165) is 0 Å². The summed E-state index contributed by atoms with van der Waals surface area (Å²) in [6.07, 6.45) is 0. The van der Waals surface area contributed by atoms with Crippen molar-refractivity contribution in [1.29, 1.82) is 0 Å². The Bertz CT molecular complexity index is 888. The summed E-state index contributed by atoms with van der Waals surface area (Å²) in [6.45, 7) is 2.66. The van der Waals surface area contributed by atoms with Gasteiger partial charge in [0.25, 0.3) is 0 Å². The molecule has 9 heteroatoms. The molecular formula is C18H19F3N2O3S. The predicted octanol–water partition coefficient (Wildman–Crippen LogP) is 2.46. The Morgan fingerprint density at radius 2 is 1.67 bits per heavy atom. The standard InChI is InChI=1S/C18H19F3N2O3S/c19-14-6-7-16(18(21)17(14)20)27(24,25)22-15(13-4-2-1-3-5-13)12-23-8-10-26-11-9-23/h1-7,15,22H,8-12H2/t15-/m0/s1. The van der Waals surface area contributed by atoms with Gasteiger partial charge in [0.2, 0.25) is 10.0 Å². The molecule has 0 aromatic heterocycles.